The fourth-order valence-electron chi connectivity index (χ4n) is 1.39. The van der Waals surface area contributed by atoms with Crippen molar-refractivity contribution in [3.05, 3.63) is 38.9 Å². The monoisotopic (exact) mass is 207 g/mol. The maximum absolute atomic E-state index is 11.2. The van der Waals surface area contributed by atoms with Gasteiger partial charge in [-0.05, 0) is 19.4 Å². The van der Waals surface area contributed by atoms with Crippen molar-refractivity contribution in [1.29, 1.82) is 0 Å². The molecule has 0 aliphatic heterocycles. The number of ketones is 1. The quantitative estimate of drug-likeness (QED) is 0.328. The smallest absolute Gasteiger partial charge is 0.280 e. The predicted octanol–water partition coefficient (Wildman–Crippen LogP) is 1.92. The summed E-state index contributed by atoms with van der Waals surface area (Å²) in [5.41, 5.74) is 0.211. The van der Waals surface area contributed by atoms with Crippen molar-refractivity contribution in [3.63, 3.8) is 0 Å². The molecule has 0 amide bonds. The average molecular weight is 207 g/mol. The van der Waals surface area contributed by atoms with Crippen molar-refractivity contribution < 1.29 is 14.5 Å². The number of nitro benzene ring substituents is 1. The number of aryl methyl sites for hydroxylation is 1. The van der Waals surface area contributed by atoms with Crippen LogP contribution in [0.3, 0.4) is 0 Å². The summed E-state index contributed by atoms with van der Waals surface area (Å²) in [5.74, 6) is -0.479. The second-order valence-corrected chi connectivity index (χ2v) is 3.12. The van der Waals surface area contributed by atoms with Crippen molar-refractivity contribution in [1.82, 2.24) is 0 Å². The molecule has 5 heteroatoms. The van der Waals surface area contributed by atoms with Crippen LogP contribution in [0.1, 0.15) is 33.2 Å². The Morgan fingerprint density at radius 2 is 2.07 bits per heavy atom. The number of Topliss-reactive ketones (excluding diaryl/α,β-unsaturated/α-hetero) is 1. The highest BCUT2D eigenvalue weighted by Gasteiger charge is 2.22. The van der Waals surface area contributed by atoms with Crippen LogP contribution in [0.25, 0.3) is 0 Å². The Morgan fingerprint density at radius 3 is 2.47 bits per heavy atom. The Morgan fingerprint density at radius 1 is 1.47 bits per heavy atom. The summed E-state index contributed by atoms with van der Waals surface area (Å²) < 4.78 is 0. The van der Waals surface area contributed by atoms with Gasteiger partial charge in [-0.25, -0.2) is 0 Å². The molecule has 1 rings (SSSR count). The van der Waals surface area contributed by atoms with E-state index in [4.69, 9.17) is 0 Å². The normalized spacial score (nSPS) is 9.73. The highest BCUT2D eigenvalue weighted by molar-refractivity contribution is 6.05. The van der Waals surface area contributed by atoms with E-state index in [2.05, 4.69) is 0 Å². The molecule has 78 valence electrons. The summed E-state index contributed by atoms with van der Waals surface area (Å²) in [5, 5.41) is 10.6. The third kappa shape index (κ3) is 1.90. The SMILES string of the molecule is CC(=O)c1c([N+](=O)[O-])ccc(C)c1C=O. The van der Waals surface area contributed by atoms with Gasteiger partial charge in [-0.2, -0.15) is 0 Å². The Hall–Kier alpha value is -2.04. The number of hydrogen-bond donors (Lipinski definition) is 0. The van der Waals surface area contributed by atoms with E-state index in [1.54, 1.807) is 6.92 Å². The minimum absolute atomic E-state index is 0.0942. The van der Waals surface area contributed by atoms with Crippen LogP contribution in [-0.4, -0.2) is 17.0 Å². The number of nitrogens with zero attached hydrogens (tertiary/aromatic N) is 1. The van der Waals surface area contributed by atoms with Crippen LogP contribution in [0.2, 0.25) is 0 Å². The lowest BCUT2D eigenvalue weighted by Crippen LogP contribution is -2.06. The second kappa shape index (κ2) is 4.00. The predicted molar refractivity (Wildman–Crippen MR) is 53.2 cm³/mol. The zero-order chi connectivity index (χ0) is 11.6. The van der Waals surface area contributed by atoms with Crippen molar-refractivity contribution in [2.45, 2.75) is 13.8 Å². The number of benzene rings is 1. The van der Waals surface area contributed by atoms with Gasteiger partial charge >= 0.3 is 0 Å². The van der Waals surface area contributed by atoms with Gasteiger partial charge in [0.15, 0.2) is 12.1 Å². The second-order valence-electron chi connectivity index (χ2n) is 3.12. The first-order chi connectivity index (χ1) is 6.99. The van der Waals surface area contributed by atoms with Crippen molar-refractivity contribution in [2.75, 3.05) is 0 Å². The molecule has 0 saturated carbocycles. The Bertz CT molecular complexity index is 451. The summed E-state index contributed by atoms with van der Waals surface area (Å²) in [4.78, 5) is 32.0. The van der Waals surface area contributed by atoms with Crippen LogP contribution < -0.4 is 0 Å². The summed E-state index contributed by atoms with van der Waals surface area (Å²) >= 11 is 0. The third-order valence-corrected chi connectivity index (χ3v) is 2.11. The van der Waals surface area contributed by atoms with Gasteiger partial charge in [-0.3, -0.25) is 19.7 Å². The lowest BCUT2D eigenvalue weighted by molar-refractivity contribution is -0.385. The topological polar surface area (TPSA) is 77.3 Å². The van der Waals surface area contributed by atoms with E-state index in [1.807, 2.05) is 0 Å². The molecular weight excluding hydrogens is 198 g/mol. The van der Waals surface area contributed by atoms with Crippen molar-refractivity contribution in [3.8, 4) is 0 Å². The Balaban J connectivity index is 3.63. The largest absolute Gasteiger partial charge is 0.298 e. The molecule has 0 aliphatic rings. The lowest BCUT2D eigenvalue weighted by Gasteiger charge is -2.04. The van der Waals surface area contributed by atoms with Crippen molar-refractivity contribution in [2.24, 2.45) is 0 Å². The summed E-state index contributed by atoms with van der Waals surface area (Å²) in [7, 11) is 0. The molecule has 0 N–H and O–H groups in total. The molecule has 15 heavy (non-hydrogen) atoms. The number of carbonyl (C=O) groups is 2. The van der Waals surface area contributed by atoms with Gasteiger partial charge < -0.3 is 0 Å². The first-order valence-electron chi connectivity index (χ1n) is 4.23. The first kappa shape index (κ1) is 11.0. The van der Waals surface area contributed by atoms with Crippen LogP contribution in [0, 0.1) is 17.0 Å². The van der Waals surface area contributed by atoms with Gasteiger partial charge in [0.1, 0.15) is 5.56 Å². The fraction of sp³-hybridized carbons (Fsp3) is 0.200. The van der Waals surface area contributed by atoms with E-state index in [0.717, 1.165) is 0 Å². The van der Waals surface area contributed by atoms with Gasteiger partial charge in [0.05, 0.1) is 4.92 Å². The molecule has 0 atom stereocenters. The molecule has 0 unspecified atom stereocenters. The number of hydrogen-bond acceptors (Lipinski definition) is 4. The molecule has 0 fully saturated rings. The van der Waals surface area contributed by atoms with Gasteiger partial charge in [-0.15, -0.1) is 0 Å². The molecule has 0 heterocycles. The van der Waals surface area contributed by atoms with E-state index in [-0.39, 0.29) is 16.8 Å². The molecule has 0 radical (unpaired) electrons. The Kier molecular flexibility index (Phi) is 2.94. The van der Waals surface area contributed by atoms with Crippen LogP contribution in [-0.2, 0) is 0 Å². The maximum atomic E-state index is 11.2. The minimum atomic E-state index is -0.664. The molecule has 0 saturated heterocycles. The molecule has 0 spiro atoms. The Labute approximate surface area is 85.9 Å². The zero-order valence-corrected chi connectivity index (χ0v) is 8.31. The average Bonchev–Trinajstić information content (AvgIpc) is 2.16. The van der Waals surface area contributed by atoms with E-state index in [9.17, 15) is 19.7 Å². The standard InChI is InChI=1S/C10H9NO4/c1-6-3-4-9(11(14)15)10(7(2)13)8(6)5-12/h3-5H,1-2H3. The molecule has 5 nitrogen and oxygen atoms in total. The third-order valence-electron chi connectivity index (χ3n) is 2.11. The number of nitro groups is 1. The molecule has 0 aliphatic carbocycles. The molecule has 1 aromatic rings. The van der Waals surface area contributed by atoms with Gasteiger partial charge in [-0.1, -0.05) is 6.07 Å². The highest BCUT2D eigenvalue weighted by Crippen LogP contribution is 2.24. The van der Waals surface area contributed by atoms with Crippen LogP contribution >= 0.6 is 0 Å². The van der Waals surface area contributed by atoms with E-state index >= 15 is 0 Å². The summed E-state index contributed by atoms with van der Waals surface area (Å²) in [6.45, 7) is 2.83. The summed E-state index contributed by atoms with van der Waals surface area (Å²) in [6, 6.07) is 2.69. The lowest BCUT2D eigenvalue weighted by atomic mass is 9.98. The van der Waals surface area contributed by atoms with Gasteiger partial charge in [0.2, 0.25) is 0 Å². The van der Waals surface area contributed by atoms with Crippen molar-refractivity contribution >= 4 is 17.8 Å². The van der Waals surface area contributed by atoms with Crippen LogP contribution in [0.15, 0.2) is 12.1 Å². The van der Waals surface area contributed by atoms with Gasteiger partial charge in [0, 0.05) is 11.6 Å². The molecule has 0 aromatic heterocycles. The maximum Gasteiger partial charge on any atom is 0.280 e. The van der Waals surface area contributed by atoms with E-state index in [0.29, 0.717) is 11.8 Å². The number of aldehydes is 1. The van der Waals surface area contributed by atoms with E-state index < -0.39 is 10.7 Å². The minimum Gasteiger partial charge on any atom is -0.298 e. The van der Waals surface area contributed by atoms with Gasteiger partial charge in [0.25, 0.3) is 5.69 Å². The molecule has 0 bridgehead atoms. The van der Waals surface area contributed by atoms with Crippen LogP contribution in [0.5, 0.6) is 0 Å². The first-order valence-corrected chi connectivity index (χ1v) is 4.23. The summed E-state index contributed by atoms with van der Waals surface area (Å²) in [6.07, 6.45) is 0.471. The van der Waals surface area contributed by atoms with E-state index in [1.165, 1.54) is 19.1 Å². The number of rotatable bonds is 3. The highest BCUT2D eigenvalue weighted by atomic mass is 16.6. The number of carbonyl (C=O) groups excluding carboxylic acids is 2. The molecular formula is C10H9NO4. The molecule has 1 aromatic carbocycles. The fourth-order valence-corrected chi connectivity index (χ4v) is 1.39. The zero-order valence-electron chi connectivity index (χ0n) is 8.31. The van der Waals surface area contributed by atoms with Crippen LogP contribution in [0.4, 0.5) is 5.69 Å².